The number of nitrogens with zero attached hydrogens (tertiary/aromatic N) is 5. The maximum absolute atomic E-state index is 12.1. The van der Waals surface area contributed by atoms with Crippen LogP contribution in [0.5, 0.6) is 0 Å². The lowest BCUT2D eigenvalue weighted by Gasteiger charge is -2.37. The number of nitrogens with two attached hydrogens (primary N) is 1. The number of carbonyl (C=O) groups excluding carboxylic acids is 1. The molecule has 8 heteroatoms. The first-order chi connectivity index (χ1) is 11.3. The second-order valence-electron chi connectivity index (χ2n) is 6.71. The molecular weight excluding hydrogens is 308 g/mol. The van der Waals surface area contributed by atoms with E-state index >= 15 is 0 Å². The van der Waals surface area contributed by atoms with Gasteiger partial charge in [0.05, 0.1) is 0 Å². The molecular formula is C16H24N6O2. The lowest BCUT2D eigenvalue weighted by Crippen LogP contribution is -2.50. The second-order valence-corrected chi connectivity index (χ2v) is 6.71. The van der Waals surface area contributed by atoms with E-state index in [1.807, 2.05) is 32.9 Å². The van der Waals surface area contributed by atoms with Crippen LogP contribution < -0.4 is 10.6 Å². The van der Waals surface area contributed by atoms with E-state index in [9.17, 15) is 4.79 Å². The molecule has 2 rings (SSSR count). The maximum atomic E-state index is 12.1. The molecule has 0 atom stereocenters. The van der Waals surface area contributed by atoms with Crippen LogP contribution in [0.2, 0.25) is 0 Å². The van der Waals surface area contributed by atoms with Gasteiger partial charge in [0.1, 0.15) is 5.60 Å². The third kappa shape index (κ3) is 4.78. The number of anilines is 1. The molecule has 1 saturated heterocycles. The molecule has 0 aromatic heterocycles. The Morgan fingerprint density at radius 2 is 1.96 bits per heavy atom. The number of ether oxygens (including phenoxy) is 1. The second kappa shape index (κ2) is 7.42. The van der Waals surface area contributed by atoms with E-state index in [2.05, 4.69) is 14.9 Å². The van der Waals surface area contributed by atoms with E-state index in [-0.39, 0.29) is 6.09 Å². The molecule has 1 aliphatic rings. The fourth-order valence-corrected chi connectivity index (χ4v) is 2.54. The smallest absolute Gasteiger partial charge is 0.410 e. The first-order valence-electron chi connectivity index (χ1n) is 7.94. The lowest BCUT2D eigenvalue weighted by atomic mass is 10.1. The Morgan fingerprint density at radius 1 is 1.29 bits per heavy atom. The maximum Gasteiger partial charge on any atom is 0.410 e. The monoisotopic (exact) mass is 332 g/mol. The highest BCUT2D eigenvalue weighted by Crippen LogP contribution is 2.26. The zero-order valence-electron chi connectivity index (χ0n) is 14.4. The van der Waals surface area contributed by atoms with Crippen molar-refractivity contribution in [1.82, 2.24) is 4.90 Å². The van der Waals surface area contributed by atoms with Gasteiger partial charge in [0.2, 0.25) is 0 Å². The minimum atomic E-state index is -0.492. The minimum absolute atomic E-state index is 0.285. The van der Waals surface area contributed by atoms with E-state index in [1.54, 1.807) is 11.0 Å². The number of piperazine rings is 1. The van der Waals surface area contributed by atoms with Gasteiger partial charge in [-0.05, 0) is 50.1 Å². The molecule has 130 valence electrons. The SMILES string of the molecule is CC(C)(C)OC(=O)N1CCN(c2cc(CN)cc(N=[N+]=[N-])c2)CC1. The number of amides is 1. The Morgan fingerprint density at radius 3 is 2.50 bits per heavy atom. The molecule has 1 aromatic carbocycles. The molecule has 1 aromatic rings. The summed E-state index contributed by atoms with van der Waals surface area (Å²) in [6, 6.07) is 5.60. The first kappa shape index (κ1) is 17.9. The van der Waals surface area contributed by atoms with Gasteiger partial charge < -0.3 is 20.3 Å². The van der Waals surface area contributed by atoms with Crippen molar-refractivity contribution in [3.63, 3.8) is 0 Å². The van der Waals surface area contributed by atoms with Gasteiger partial charge in [-0.15, -0.1) is 0 Å². The summed E-state index contributed by atoms with van der Waals surface area (Å²) in [4.78, 5) is 18.8. The summed E-state index contributed by atoms with van der Waals surface area (Å²) >= 11 is 0. The Balaban J connectivity index is 2.05. The number of benzene rings is 1. The number of rotatable bonds is 3. The molecule has 0 unspecified atom stereocenters. The average molecular weight is 332 g/mol. The van der Waals surface area contributed by atoms with Crippen LogP contribution in [-0.4, -0.2) is 42.8 Å². The highest BCUT2D eigenvalue weighted by Gasteiger charge is 2.26. The van der Waals surface area contributed by atoms with Gasteiger partial charge in [0.15, 0.2) is 0 Å². The van der Waals surface area contributed by atoms with E-state index in [0.29, 0.717) is 38.4 Å². The van der Waals surface area contributed by atoms with Crippen molar-refractivity contribution in [2.75, 3.05) is 31.1 Å². The molecule has 8 nitrogen and oxygen atoms in total. The number of azide groups is 1. The van der Waals surface area contributed by atoms with Crippen LogP contribution in [0.3, 0.4) is 0 Å². The van der Waals surface area contributed by atoms with E-state index in [1.165, 1.54) is 0 Å². The van der Waals surface area contributed by atoms with Crippen LogP contribution in [0.1, 0.15) is 26.3 Å². The van der Waals surface area contributed by atoms with Crippen molar-refractivity contribution in [1.29, 1.82) is 0 Å². The third-order valence-corrected chi connectivity index (χ3v) is 3.65. The predicted molar refractivity (Wildman–Crippen MR) is 93.2 cm³/mol. The van der Waals surface area contributed by atoms with Gasteiger partial charge in [-0.1, -0.05) is 5.11 Å². The molecule has 1 fully saturated rings. The summed E-state index contributed by atoms with van der Waals surface area (Å²) in [5.41, 5.74) is 16.2. The standard InChI is InChI=1S/C16H24N6O2/c1-16(2,3)24-15(23)22-6-4-21(5-7-22)14-9-12(11-17)8-13(10-14)19-20-18/h8-10H,4-7,11,17H2,1-3H3. The third-order valence-electron chi connectivity index (χ3n) is 3.65. The quantitative estimate of drug-likeness (QED) is 0.521. The Labute approximate surface area is 141 Å². The molecule has 1 heterocycles. The van der Waals surface area contributed by atoms with Crippen molar-refractivity contribution >= 4 is 17.5 Å². The van der Waals surface area contributed by atoms with Crippen LogP contribution in [0, 0.1) is 0 Å². The zero-order valence-corrected chi connectivity index (χ0v) is 14.4. The zero-order chi connectivity index (χ0) is 17.7. The summed E-state index contributed by atoms with van der Waals surface area (Å²) in [6.45, 7) is 8.48. The highest BCUT2D eigenvalue weighted by atomic mass is 16.6. The Bertz CT molecular complexity index is 640. The van der Waals surface area contributed by atoms with E-state index in [4.69, 9.17) is 16.0 Å². The van der Waals surface area contributed by atoms with Crippen LogP contribution >= 0.6 is 0 Å². The highest BCUT2D eigenvalue weighted by molar-refractivity contribution is 5.69. The van der Waals surface area contributed by atoms with Gasteiger partial charge in [-0.3, -0.25) is 0 Å². The van der Waals surface area contributed by atoms with Crippen LogP contribution in [-0.2, 0) is 11.3 Å². The Hall–Kier alpha value is -2.44. The van der Waals surface area contributed by atoms with Gasteiger partial charge in [-0.25, -0.2) is 4.79 Å². The van der Waals surface area contributed by atoms with E-state index in [0.717, 1.165) is 11.3 Å². The van der Waals surface area contributed by atoms with Gasteiger partial charge in [0, 0.05) is 49.0 Å². The van der Waals surface area contributed by atoms with Gasteiger partial charge in [-0.2, -0.15) is 0 Å². The van der Waals surface area contributed by atoms with Gasteiger partial charge >= 0.3 is 6.09 Å². The molecule has 1 amide bonds. The lowest BCUT2D eigenvalue weighted by molar-refractivity contribution is 0.0240. The number of hydrogen-bond acceptors (Lipinski definition) is 5. The number of carbonyl (C=O) groups is 1. The molecule has 0 aliphatic carbocycles. The van der Waals surface area contributed by atoms with E-state index < -0.39 is 5.60 Å². The van der Waals surface area contributed by atoms with Crippen molar-refractivity contribution < 1.29 is 9.53 Å². The minimum Gasteiger partial charge on any atom is -0.444 e. The number of hydrogen-bond donors (Lipinski definition) is 1. The van der Waals surface area contributed by atoms with Crippen molar-refractivity contribution in [2.24, 2.45) is 10.8 Å². The summed E-state index contributed by atoms with van der Waals surface area (Å²) in [6.07, 6.45) is -0.285. The first-order valence-corrected chi connectivity index (χ1v) is 7.94. The Kier molecular flexibility index (Phi) is 5.54. The van der Waals surface area contributed by atoms with Crippen LogP contribution in [0.4, 0.5) is 16.2 Å². The molecule has 0 spiro atoms. The molecule has 1 aliphatic heterocycles. The normalized spacial score (nSPS) is 15.0. The van der Waals surface area contributed by atoms with Gasteiger partial charge in [0.25, 0.3) is 0 Å². The summed E-state index contributed by atoms with van der Waals surface area (Å²) in [5.74, 6) is 0. The molecule has 0 radical (unpaired) electrons. The average Bonchev–Trinajstić information content (AvgIpc) is 2.53. The fourth-order valence-electron chi connectivity index (χ4n) is 2.54. The topological polar surface area (TPSA) is 108 Å². The molecule has 24 heavy (non-hydrogen) atoms. The van der Waals surface area contributed by atoms with Crippen molar-refractivity contribution in [3.05, 3.63) is 34.2 Å². The molecule has 0 bridgehead atoms. The fraction of sp³-hybridized carbons (Fsp3) is 0.562. The summed E-state index contributed by atoms with van der Waals surface area (Å²) in [7, 11) is 0. The van der Waals surface area contributed by atoms with Crippen LogP contribution in [0.15, 0.2) is 23.3 Å². The summed E-state index contributed by atoms with van der Waals surface area (Å²) < 4.78 is 5.40. The van der Waals surface area contributed by atoms with Crippen LogP contribution in [0.25, 0.3) is 10.4 Å². The van der Waals surface area contributed by atoms with Crippen molar-refractivity contribution in [3.8, 4) is 0 Å². The largest absolute Gasteiger partial charge is 0.444 e. The molecule has 0 saturated carbocycles. The summed E-state index contributed by atoms with van der Waals surface area (Å²) in [5, 5.41) is 3.67. The van der Waals surface area contributed by atoms with Crippen molar-refractivity contribution in [2.45, 2.75) is 32.9 Å². The molecule has 2 N–H and O–H groups in total. The predicted octanol–water partition coefficient (Wildman–Crippen LogP) is 3.14.